The second-order valence-corrected chi connectivity index (χ2v) is 9.30. The first-order valence-electron chi connectivity index (χ1n) is 10.3. The first-order valence-corrected chi connectivity index (χ1v) is 10.3. The third-order valence-corrected chi connectivity index (χ3v) is 6.39. The standard InChI is InChI=1S/C24H22FN3O3/c1-24(2,3)21(29)20-18-17(19-16-7-5-4-6-13(16)12-26-28(19)20)22(30)27(23(18)31)15-10-8-14(25)9-11-15/h4-12,17-20H,1-3H3/t17-,18-,19-,20+/m1/s1. The monoisotopic (exact) mass is 419 g/mol. The van der Waals surface area contributed by atoms with E-state index in [-0.39, 0.29) is 11.7 Å². The highest BCUT2D eigenvalue weighted by Crippen LogP contribution is 2.53. The van der Waals surface area contributed by atoms with Crippen molar-refractivity contribution in [3.8, 4) is 0 Å². The highest BCUT2D eigenvalue weighted by molar-refractivity contribution is 6.24. The van der Waals surface area contributed by atoms with Crippen molar-refractivity contribution in [2.75, 3.05) is 4.90 Å². The van der Waals surface area contributed by atoms with Gasteiger partial charge in [-0.3, -0.25) is 19.4 Å². The maximum absolute atomic E-state index is 13.6. The van der Waals surface area contributed by atoms with Gasteiger partial charge in [0.05, 0.1) is 29.8 Å². The predicted octanol–water partition coefficient (Wildman–Crippen LogP) is 3.32. The Morgan fingerprint density at radius 3 is 2.29 bits per heavy atom. The van der Waals surface area contributed by atoms with Crippen LogP contribution in [0, 0.1) is 23.1 Å². The van der Waals surface area contributed by atoms with Gasteiger partial charge in [0, 0.05) is 5.41 Å². The molecule has 6 nitrogen and oxygen atoms in total. The average Bonchev–Trinajstić information content (AvgIpc) is 3.20. The van der Waals surface area contributed by atoms with Gasteiger partial charge in [0.2, 0.25) is 11.8 Å². The topological polar surface area (TPSA) is 70.0 Å². The third-order valence-electron chi connectivity index (χ3n) is 6.39. The quantitative estimate of drug-likeness (QED) is 0.701. The Labute approximate surface area is 179 Å². The Hall–Kier alpha value is -3.35. The van der Waals surface area contributed by atoms with E-state index in [9.17, 15) is 18.8 Å². The smallest absolute Gasteiger partial charge is 0.240 e. The van der Waals surface area contributed by atoms with Crippen LogP contribution in [0.1, 0.15) is 37.9 Å². The van der Waals surface area contributed by atoms with Gasteiger partial charge >= 0.3 is 0 Å². The Bertz CT molecular complexity index is 1140. The predicted molar refractivity (Wildman–Crippen MR) is 113 cm³/mol. The van der Waals surface area contributed by atoms with Gasteiger partial charge in [0.25, 0.3) is 0 Å². The molecule has 2 aromatic carbocycles. The molecule has 0 spiro atoms. The number of amides is 2. The number of halogens is 1. The third kappa shape index (κ3) is 2.76. The molecule has 3 aliphatic rings. The van der Waals surface area contributed by atoms with Crippen molar-refractivity contribution in [2.45, 2.75) is 32.9 Å². The van der Waals surface area contributed by atoms with Crippen LogP contribution in [-0.4, -0.2) is 34.9 Å². The molecule has 158 valence electrons. The molecule has 2 saturated heterocycles. The highest BCUT2D eigenvalue weighted by atomic mass is 19.1. The number of benzene rings is 2. The largest absolute Gasteiger partial charge is 0.297 e. The summed E-state index contributed by atoms with van der Waals surface area (Å²) in [5, 5.41) is 6.18. The minimum Gasteiger partial charge on any atom is -0.297 e. The fraction of sp³-hybridized carbons (Fsp3) is 0.333. The van der Waals surface area contributed by atoms with Crippen molar-refractivity contribution in [3.63, 3.8) is 0 Å². The zero-order valence-electron chi connectivity index (χ0n) is 17.4. The van der Waals surface area contributed by atoms with Crippen LogP contribution >= 0.6 is 0 Å². The Balaban J connectivity index is 1.66. The van der Waals surface area contributed by atoms with Crippen molar-refractivity contribution < 1.29 is 18.8 Å². The van der Waals surface area contributed by atoms with Crippen molar-refractivity contribution in [3.05, 3.63) is 65.5 Å². The minimum atomic E-state index is -0.849. The van der Waals surface area contributed by atoms with Crippen LogP contribution in [0.2, 0.25) is 0 Å². The van der Waals surface area contributed by atoms with E-state index in [1.165, 1.54) is 24.3 Å². The number of ketones is 1. The van der Waals surface area contributed by atoms with E-state index in [1.807, 2.05) is 24.3 Å². The van der Waals surface area contributed by atoms with E-state index in [0.29, 0.717) is 5.69 Å². The summed E-state index contributed by atoms with van der Waals surface area (Å²) in [5.41, 5.74) is 1.33. The molecule has 0 unspecified atom stereocenters. The lowest BCUT2D eigenvalue weighted by Gasteiger charge is -2.35. The van der Waals surface area contributed by atoms with Crippen LogP contribution in [0.25, 0.3) is 0 Å². The number of hydrogen-bond acceptors (Lipinski definition) is 5. The lowest BCUT2D eigenvalue weighted by molar-refractivity contribution is -0.136. The molecular formula is C24H22FN3O3. The number of Topliss-reactive ketones (excluding diaryl/α,β-unsaturated/α-hetero) is 1. The lowest BCUT2D eigenvalue weighted by atomic mass is 9.79. The number of rotatable bonds is 2. The molecule has 7 heteroatoms. The minimum absolute atomic E-state index is 0.136. The van der Waals surface area contributed by atoms with E-state index in [4.69, 9.17) is 0 Å². The van der Waals surface area contributed by atoms with Crippen LogP contribution in [0.5, 0.6) is 0 Å². The molecule has 31 heavy (non-hydrogen) atoms. The number of imide groups is 1. The maximum Gasteiger partial charge on any atom is 0.240 e. The molecule has 2 amide bonds. The lowest BCUT2D eigenvalue weighted by Crippen LogP contribution is -2.48. The molecule has 0 radical (unpaired) electrons. The molecule has 2 fully saturated rings. The SMILES string of the molecule is CC(C)(C)C(=O)[C@@H]1[C@@H]2C(=O)N(c3ccc(F)cc3)C(=O)[C@H]2[C@H]2c3ccccc3C=NN12. The van der Waals surface area contributed by atoms with Crippen molar-refractivity contribution in [2.24, 2.45) is 22.4 Å². The maximum atomic E-state index is 13.6. The van der Waals surface area contributed by atoms with Crippen molar-refractivity contribution >= 4 is 29.5 Å². The van der Waals surface area contributed by atoms with Crippen molar-refractivity contribution in [1.82, 2.24) is 5.01 Å². The van der Waals surface area contributed by atoms with Gasteiger partial charge in [-0.2, -0.15) is 5.10 Å². The van der Waals surface area contributed by atoms with Gasteiger partial charge in [0.1, 0.15) is 11.9 Å². The van der Waals surface area contributed by atoms with Crippen LogP contribution in [-0.2, 0) is 14.4 Å². The summed E-state index contributed by atoms with van der Waals surface area (Å²) < 4.78 is 13.4. The number of carbonyl (C=O) groups is 3. The summed E-state index contributed by atoms with van der Waals surface area (Å²) in [4.78, 5) is 41.7. The molecule has 3 heterocycles. The fourth-order valence-electron chi connectivity index (χ4n) is 4.96. The summed E-state index contributed by atoms with van der Waals surface area (Å²) in [6, 6.07) is 11.5. The van der Waals surface area contributed by atoms with Crippen LogP contribution < -0.4 is 4.90 Å². The highest BCUT2D eigenvalue weighted by Gasteiger charge is 2.66. The molecule has 5 rings (SSSR count). The molecule has 0 aliphatic carbocycles. The number of carbonyl (C=O) groups excluding carboxylic acids is 3. The molecule has 0 aromatic heterocycles. The molecule has 0 N–H and O–H groups in total. The van der Waals surface area contributed by atoms with E-state index in [0.717, 1.165) is 16.0 Å². The average molecular weight is 419 g/mol. The van der Waals surface area contributed by atoms with Crippen LogP contribution in [0.3, 0.4) is 0 Å². The Morgan fingerprint density at radius 1 is 0.968 bits per heavy atom. The second kappa shape index (κ2) is 6.57. The molecule has 0 bridgehead atoms. The zero-order valence-corrected chi connectivity index (χ0v) is 17.4. The fourth-order valence-corrected chi connectivity index (χ4v) is 4.96. The molecule has 4 atom stereocenters. The number of fused-ring (bicyclic) bond motifs is 5. The van der Waals surface area contributed by atoms with Gasteiger partial charge in [0.15, 0.2) is 5.78 Å². The van der Waals surface area contributed by atoms with Crippen molar-refractivity contribution in [1.29, 1.82) is 0 Å². The number of hydrazone groups is 1. The summed E-state index contributed by atoms with van der Waals surface area (Å²) in [5.74, 6) is -3.00. The van der Waals surface area contributed by atoms with E-state index in [1.54, 1.807) is 32.0 Å². The number of nitrogens with zero attached hydrogens (tertiary/aromatic N) is 3. The Kier molecular flexibility index (Phi) is 4.16. The van der Waals surface area contributed by atoms with Gasteiger partial charge in [-0.25, -0.2) is 9.29 Å². The van der Waals surface area contributed by atoms with Crippen LogP contribution in [0.4, 0.5) is 10.1 Å². The molecule has 3 aliphatic heterocycles. The molecule has 2 aromatic rings. The first-order chi connectivity index (χ1) is 14.7. The van der Waals surface area contributed by atoms with Crippen LogP contribution in [0.15, 0.2) is 53.6 Å². The van der Waals surface area contributed by atoms with E-state index in [2.05, 4.69) is 5.10 Å². The van der Waals surface area contributed by atoms with Gasteiger partial charge in [-0.05, 0) is 35.4 Å². The summed E-state index contributed by atoms with van der Waals surface area (Å²) in [7, 11) is 0. The Morgan fingerprint density at radius 2 is 1.61 bits per heavy atom. The van der Waals surface area contributed by atoms with Gasteiger partial charge in [-0.1, -0.05) is 45.0 Å². The second-order valence-electron chi connectivity index (χ2n) is 9.30. The molecule has 0 saturated carbocycles. The molecular weight excluding hydrogens is 397 g/mol. The summed E-state index contributed by atoms with van der Waals surface area (Å²) in [6.45, 7) is 5.41. The van der Waals surface area contributed by atoms with E-state index < -0.39 is 41.1 Å². The number of anilines is 1. The summed E-state index contributed by atoms with van der Waals surface area (Å²) >= 11 is 0. The van der Waals surface area contributed by atoms with Gasteiger partial charge in [-0.15, -0.1) is 0 Å². The zero-order chi connectivity index (χ0) is 22.1. The van der Waals surface area contributed by atoms with Gasteiger partial charge < -0.3 is 0 Å². The number of hydrogen-bond donors (Lipinski definition) is 0. The first kappa shape index (κ1) is 19.6. The summed E-state index contributed by atoms with van der Waals surface area (Å²) in [6.07, 6.45) is 1.68. The van der Waals surface area contributed by atoms with E-state index >= 15 is 0 Å². The normalized spacial score (nSPS) is 26.7.